The van der Waals surface area contributed by atoms with Crippen LogP contribution < -0.4 is 10.6 Å². The largest absolute Gasteiger partial charge is 0.368 e. The van der Waals surface area contributed by atoms with Crippen LogP contribution in [0, 0.1) is 0 Å². The number of benzene rings is 2. The molecule has 1 heterocycles. The van der Waals surface area contributed by atoms with Crippen LogP contribution in [-0.4, -0.2) is 35.8 Å². The Morgan fingerprint density at radius 2 is 1.81 bits per heavy atom. The molecule has 3 aliphatic rings. The minimum atomic E-state index is -0.965. The zero-order valence-corrected chi connectivity index (χ0v) is 18.0. The first-order valence-electron chi connectivity index (χ1n) is 11.6. The summed E-state index contributed by atoms with van der Waals surface area (Å²) in [7, 11) is 0. The highest BCUT2D eigenvalue weighted by molar-refractivity contribution is 5.95. The molecule has 1 saturated heterocycles. The van der Waals surface area contributed by atoms with E-state index in [0.717, 1.165) is 25.2 Å². The Kier molecular flexibility index (Phi) is 5.30. The van der Waals surface area contributed by atoms with Crippen LogP contribution in [0.25, 0.3) is 0 Å². The first-order valence-corrected chi connectivity index (χ1v) is 11.6. The molecule has 2 atom stereocenters. The standard InChI is InChI=1S/C26H31N3O2/c27-25(31)26(29(18-30)21-9-2-1-3-10-21)14-16-28(17-15-26)23-13-12-20-7-4-6-19-8-5-11-22(23)24(19)20/h1-3,5,8-11,18,20,23H,4,6-7,12-17H2,(H2,27,31)/t20-,23+/m1/s1. The topological polar surface area (TPSA) is 66.6 Å². The van der Waals surface area contributed by atoms with E-state index in [9.17, 15) is 9.59 Å². The molecule has 5 heteroatoms. The van der Waals surface area contributed by atoms with Crippen molar-refractivity contribution in [2.75, 3.05) is 18.0 Å². The lowest BCUT2D eigenvalue weighted by atomic mass is 9.71. The van der Waals surface area contributed by atoms with E-state index >= 15 is 0 Å². The van der Waals surface area contributed by atoms with Crippen molar-refractivity contribution in [3.05, 3.63) is 65.2 Å². The third-order valence-corrected chi connectivity index (χ3v) is 7.91. The molecule has 1 fully saturated rings. The average Bonchev–Trinajstić information content (AvgIpc) is 2.81. The molecule has 162 valence electrons. The van der Waals surface area contributed by atoms with Gasteiger partial charge in [0.25, 0.3) is 0 Å². The number of primary amides is 1. The maximum atomic E-state index is 12.7. The maximum absolute atomic E-state index is 12.7. The van der Waals surface area contributed by atoms with Crippen molar-refractivity contribution in [3.63, 3.8) is 0 Å². The van der Waals surface area contributed by atoms with Crippen LogP contribution in [0.1, 0.15) is 67.2 Å². The van der Waals surface area contributed by atoms with Gasteiger partial charge in [0, 0.05) is 24.8 Å². The molecule has 0 spiro atoms. The Balaban J connectivity index is 1.40. The third kappa shape index (κ3) is 3.35. The van der Waals surface area contributed by atoms with Crippen molar-refractivity contribution in [1.82, 2.24) is 4.90 Å². The van der Waals surface area contributed by atoms with Crippen LogP contribution in [0.3, 0.4) is 0 Å². The highest BCUT2D eigenvalue weighted by atomic mass is 16.2. The van der Waals surface area contributed by atoms with E-state index in [1.54, 1.807) is 10.5 Å². The number of para-hydroxylation sites is 1. The summed E-state index contributed by atoms with van der Waals surface area (Å²) in [6.07, 6.45) is 8.12. The summed E-state index contributed by atoms with van der Waals surface area (Å²) in [4.78, 5) is 28.8. The van der Waals surface area contributed by atoms with E-state index in [4.69, 9.17) is 5.73 Å². The molecule has 31 heavy (non-hydrogen) atoms. The number of nitrogens with two attached hydrogens (primary N) is 1. The summed E-state index contributed by atoms with van der Waals surface area (Å²) in [5.41, 5.74) is 10.3. The van der Waals surface area contributed by atoms with Crippen molar-refractivity contribution < 1.29 is 9.59 Å². The van der Waals surface area contributed by atoms with Crippen LogP contribution in [0.2, 0.25) is 0 Å². The number of hydrogen-bond acceptors (Lipinski definition) is 3. The van der Waals surface area contributed by atoms with Gasteiger partial charge in [-0.05, 0) is 79.7 Å². The van der Waals surface area contributed by atoms with E-state index in [2.05, 4.69) is 23.1 Å². The van der Waals surface area contributed by atoms with Gasteiger partial charge in [0.1, 0.15) is 5.54 Å². The maximum Gasteiger partial charge on any atom is 0.243 e. The van der Waals surface area contributed by atoms with Crippen molar-refractivity contribution in [1.29, 1.82) is 0 Å². The molecule has 2 N–H and O–H groups in total. The van der Waals surface area contributed by atoms with Gasteiger partial charge < -0.3 is 5.73 Å². The fraction of sp³-hybridized carbons (Fsp3) is 0.462. The third-order valence-electron chi connectivity index (χ3n) is 7.91. The van der Waals surface area contributed by atoms with E-state index in [-0.39, 0.29) is 0 Å². The van der Waals surface area contributed by atoms with Gasteiger partial charge in [-0.2, -0.15) is 0 Å². The fourth-order valence-corrected chi connectivity index (χ4v) is 6.31. The predicted molar refractivity (Wildman–Crippen MR) is 122 cm³/mol. The van der Waals surface area contributed by atoms with Gasteiger partial charge in [0.15, 0.2) is 0 Å². The van der Waals surface area contributed by atoms with Crippen molar-refractivity contribution >= 4 is 18.0 Å². The van der Waals surface area contributed by atoms with E-state index < -0.39 is 11.4 Å². The van der Waals surface area contributed by atoms with Crippen LogP contribution in [0.15, 0.2) is 48.5 Å². The number of amides is 2. The molecule has 0 saturated carbocycles. The average molecular weight is 418 g/mol. The molecule has 2 amide bonds. The fourth-order valence-electron chi connectivity index (χ4n) is 6.31. The second kappa shape index (κ2) is 8.12. The van der Waals surface area contributed by atoms with E-state index in [1.165, 1.54) is 43.2 Å². The van der Waals surface area contributed by atoms with Gasteiger partial charge in [-0.3, -0.25) is 19.4 Å². The monoisotopic (exact) mass is 417 g/mol. The molecule has 2 aliphatic carbocycles. The van der Waals surface area contributed by atoms with Crippen molar-refractivity contribution in [3.8, 4) is 0 Å². The number of nitrogens with zero attached hydrogens (tertiary/aromatic N) is 2. The van der Waals surface area contributed by atoms with Gasteiger partial charge in [0.2, 0.25) is 12.3 Å². The van der Waals surface area contributed by atoms with Crippen molar-refractivity contribution in [2.24, 2.45) is 5.73 Å². The van der Waals surface area contributed by atoms with E-state index in [0.29, 0.717) is 24.8 Å². The summed E-state index contributed by atoms with van der Waals surface area (Å²) in [5.74, 6) is 0.304. The molecule has 2 aromatic rings. The summed E-state index contributed by atoms with van der Waals surface area (Å²) < 4.78 is 0. The van der Waals surface area contributed by atoms with Gasteiger partial charge in [-0.25, -0.2) is 0 Å². The zero-order valence-electron chi connectivity index (χ0n) is 18.0. The normalized spacial score (nSPS) is 24.8. The number of carbonyl (C=O) groups is 2. The summed E-state index contributed by atoms with van der Waals surface area (Å²) in [6, 6.07) is 16.6. The van der Waals surface area contributed by atoms with Crippen LogP contribution >= 0.6 is 0 Å². The lowest BCUT2D eigenvalue weighted by molar-refractivity contribution is -0.127. The minimum Gasteiger partial charge on any atom is -0.368 e. The van der Waals surface area contributed by atoms with Gasteiger partial charge in [-0.1, -0.05) is 36.4 Å². The summed E-state index contributed by atoms with van der Waals surface area (Å²) in [5, 5.41) is 0. The first-order chi connectivity index (χ1) is 15.1. The minimum absolute atomic E-state index is 0.400. The highest BCUT2D eigenvalue weighted by Gasteiger charge is 2.47. The van der Waals surface area contributed by atoms with Gasteiger partial charge in [0.05, 0.1) is 0 Å². The molecular formula is C26H31N3O2. The molecule has 0 unspecified atom stereocenters. The highest BCUT2D eigenvalue weighted by Crippen LogP contribution is 2.47. The number of carbonyl (C=O) groups excluding carboxylic acids is 2. The van der Waals surface area contributed by atoms with Crippen LogP contribution in [0.4, 0.5) is 5.69 Å². The lowest BCUT2D eigenvalue weighted by Crippen LogP contribution is -2.62. The molecule has 0 radical (unpaired) electrons. The molecular weight excluding hydrogens is 386 g/mol. The molecule has 5 rings (SSSR count). The van der Waals surface area contributed by atoms with Gasteiger partial charge in [-0.15, -0.1) is 0 Å². The Morgan fingerprint density at radius 3 is 2.52 bits per heavy atom. The molecule has 2 aromatic carbocycles. The quantitative estimate of drug-likeness (QED) is 0.750. The Bertz CT molecular complexity index is 966. The van der Waals surface area contributed by atoms with Crippen LogP contribution in [0.5, 0.6) is 0 Å². The summed E-state index contributed by atoms with van der Waals surface area (Å²) in [6.45, 7) is 1.53. The molecule has 0 aromatic heterocycles. The smallest absolute Gasteiger partial charge is 0.243 e. The summed E-state index contributed by atoms with van der Waals surface area (Å²) >= 11 is 0. The number of likely N-dealkylation sites (tertiary alicyclic amines) is 1. The lowest BCUT2D eigenvalue weighted by Gasteiger charge is -2.48. The SMILES string of the molecule is NC(=O)C1(N(C=O)c2ccccc2)CCN([C@H]2CC[C@H]3CCCc4cccc2c43)CC1. The Hall–Kier alpha value is -2.66. The van der Waals surface area contributed by atoms with Crippen molar-refractivity contribution in [2.45, 2.75) is 62.4 Å². The zero-order chi connectivity index (χ0) is 21.4. The van der Waals surface area contributed by atoms with E-state index in [1.807, 2.05) is 30.3 Å². The van der Waals surface area contributed by atoms with Crippen LogP contribution in [-0.2, 0) is 16.0 Å². The predicted octanol–water partition coefficient (Wildman–Crippen LogP) is 3.92. The van der Waals surface area contributed by atoms with Gasteiger partial charge >= 0.3 is 0 Å². The molecule has 5 nitrogen and oxygen atoms in total. The number of anilines is 1. The second-order valence-corrected chi connectivity index (χ2v) is 9.35. The molecule has 1 aliphatic heterocycles. The Labute approximate surface area is 184 Å². The number of aryl methyl sites for hydroxylation is 1. The molecule has 0 bridgehead atoms. The number of rotatable bonds is 5. The second-order valence-electron chi connectivity index (χ2n) is 9.35. The Morgan fingerprint density at radius 1 is 1.03 bits per heavy atom. The first kappa shape index (κ1) is 20.3. The number of piperidine rings is 1. The number of hydrogen-bond donors (Lipinski definition) is 1.